The number of ketones is 1. The molecule has 0 radical (unpaired) electrons. The molecule has 0 saturated carbocycles. The third kappa shape index (κ3) is 5.51. The minimum Gasteiger partial charge on any atom is -0.507 e. The van der Waals surface area contributed by atoms with E-state index in [9.17, 15) is 14.7 Å². The van der Waals surface area contributed by atoms with Crippen LogP contribution in [0.3, 0.4) is 0 Å². The molecule has 1 N–H and O–H groups in total. The molecular weight excluding hydrogens is 452 g/mol. The van der Waals surface area contributed by atoms with E-state index in [0.29, 0.717) is 24.5 Å². The highest BCUT2D eigenvalue weighted by Gasteiger charge is 2.46. The maximum Gasteiger partial charge on any atom is 0.295 e. The van der Waals surface area contributed by atoms with Crippen molar-refractivity contribution in [3.05, 3.63) is 57.8 Å². The summed E-state index contributed by atoms with van der Waals surface area (Å²) in [6.07, 6.45) is 2.70. The van der Waals surface area contributed by atoms with E-state index in [1.54, 1.807) is 23.1 Å². The Kier molecular flexibility index (Phi) is 8.37. The van der Waals surface area contributed by atoms with Crippen LogP contribution in [0, 0.1) is 0 Å². The number of aliphatic hydroxyl groups excluding tert-OH is 1. The van der Waals surface area contributed by atoms with Crippen LogP contribution in [0.25, 0.3) is 5.76 Å². The molecule has 1 aromatic carbocycles. The van der Waals surface area contributed by atoms with Crippen molar-refractivity contribution in [3.8, 4) is 5.75 Å². The van der Waals surface area contributed by atoms with Gasteiger partial charge in [-0.15, -0.1) is 11.3 Å². The van der Waals surface area contributed by atoms with E-state index in [4.69, 9.17) is 9.47 Å². The van der Waals surface area contributed by atoms with Gasteiger partial charge in [0.15, 0.2) is 0 Å². The molecule has 1 amide bonds. The number of carbonyl (C=O) groups is 2. The number of morpholine rings is 1. The Hall–Kier alpha value is -2.68. The second-order valence-corrected chi connectivity index (χ2v) is 9.52. The van der Waals surface area contributed by atoms with E-state index in [0.717, 1.165) is 57.0 Å². The van der Waals surface area contributed by atoms with Gasteiger partial charge in [-0.05, 0) is 36.4 Å². The van der Waals surface area contributed by atoms with Crippen LogP contribution in [-0.2, 0) is 14.3 Å². The maximum atomic E-state index is 13.1. The van der Waals surface area contributed by atoms with Gasteiger partial charge in [0.1, 0.15) is 11.5 Å². The van der Waals surface area contributed by atoms with E-state index in [2.05, 4.69) is 11.8 Å². The lowest BCUT2D eigenvalue weighted by Crippen LogP contribution is -2.38. The molecule has 182 valence electrons. The average molecular weight is 485 g/mol. The fourth-order valence-electron chi connectivity index (χ4n) is 4.37. The molecule has 0 bridgehead atoms. The number of aliphatic hydroxyl groups is 1. The summed E-state index contributed by atoms with van der Waals surface area (Å²) in [7, 11) is 0. The van der Waals surface area contributed by atoms with Crippen molar-refractivity contribution >= 4 is 28.8 Å². The summed E-state index contributed by atoms with van der Waals surface area (Å²) < 4.78 is 11.2. The van der Waals surface area contributed by atoms with E-state index in [-0.39, 0.29) is 11.3 Å². The topological polar surface area (TPSA) is 79.3 Å². The summed E-state index contributed by atoms with van der Waals surface area (Å²) in [5, 5.41) is 13.1. The van der Waals surface area contributed by atoms with Gasteiger partial charge in [-0.3, -0.25) is 14.5 Å². The zero-order valence-electron chi connectivity index (χ0n) is 19.6. The molecule has 1 unspecified atom stereocenters. The predicted octanol–water partition coefficient (Wildman–Crippen LogP) is 4.07. The third-order valence-corrected chi connectivity index (χ3v) is 7.13. The van der Waals surface area contributed by atoms with Crippen molar-refractivity contribution in [2.24, 2.45) is 0 Å². The van der Waals surface area contributed by atoms with Crippen LogP contribution in [0.5, 0.6) is 5.75 Å². The molecule has 2 aliphatic heterocycles. The standard InChI is InChI=1S/C26H32N2O5S/c1-2-3-14-33-20-8-4-7-19(18-20)24(29)22-23(21-9-5-17-34-21)28(26(31)25(22)30)11-6-10-27-12-15-32-16-13-27/h4-5,7-9,17-18,23,29H,2-3,6,10-16H2,1H3/b24-22+. The minimum absolute atomic E-state index is 0.143. The van der Waals surface area contributed by atoms with Crippen LogP contribution in [0.2, 0.25) is 0 Å². The molecule has 2 aliphatic rings. The molecule has 1 aromatic heterocycles. The van der Waals surface area contributed by atoms with Crippen molar-refractivity contribution in [3.63, 3.8) is 0 Å². The zero-order chi connectivity index (χ0) is 23.9. The molecular formula is C26H32N2O5S. The fourth-order valence-corrected chi connectivity index (χ4v) is 5.21. The van der Waals surface area contributed by atoms with E-state index in [1.807, 2.05) is 23.6 Å². The maximum absolute atomic E-state index is 13.1. The molecule has 0 spiro atoms. The number of amides is 1. The van der Waals surface area contributed by atoms with Crippen LogP contribution in [0.4, 0.5) is 0 Å². The first-order valence-electron chi connectivity index (χ1n) is 11.9. The summed E-state index contributed by atoms with van der Waals surface area (Å²) in [6, 6.07) is 10.3. The van der Waals surface area contributed by atoms with Gasteiger partial charge < -0.3 is 19.5 Å². The van der Waals surface area contributed by atoms with Crippen LogP contribution in [0.15, 0.2) is 47.4 Å². The van der Waals surface area contributed by atoms with Gasteiger partial charge in [0.25, 0.3) is 11.7 Å². The van der Waals surface area contributed by atoms with Crippen LogP contribution in [-0.4, -0.2) is 72.6 Å². The number of unbranched alkanes of at least 4 members (excludes halogenated alkanes) is 1. The molecule has 2 saturated heterocycles. The number of rotatable bonds is 10. The van der Waals surface area contributed by atoms with E-state index in [1.165, 1.54) is 11.3 Å². The number of carbonyl (C=O) groups excluding carboxylic acids is 2. The molecule has 34 heavy (non-hydrogen) atoms. The van der Waals surface area contributed by atoms with Gasteiger partial charge in [-0.2, -0.15) is 0 Å². The van der Waals surface area contributed by atoms with Gasteiger partial charge in [-0.1, -0.05) is 31.5 Å². The summed E-state index contributed by atoms with van der Waals surface area (Å²) in [6.45, 7) is 7.16. The number of thiophene rings is 1. The minimum atomic E-state index is -0.639. The van der Waals surface area contributed by atoms with Crippen LogP contribution >= 0.6 is 11.3 Å². The Balaban J connectivity index is 1.59. The second-order valence-electron chi connectivity index (χ2n) is 8.55. The molecule has 1 atom stereocenters. The monoisotopic (exact) mass is 484 g/mol. The number of ether oxygens (including phenoxy) is 2. The predicted molar refractivity (Wildman–Crippen MR) is 132 cm³/mol. The van der Waals surface area contributed by atoms with E-state index < -0.39 is 17.7 Å². The Morgan fingerprint density at radius 2 is 1.97 bits per heavy atom. The van der Waals surface area contributed by atoms with Gasteiger partial charge >= 0.3 is 0 Å². The average Bonchev–Trinajstić information content (AvgIpc) is 3.47. The largest absolute Gasteiger partial charge is 0.507 e. The highest BCUT2D eigenvalue weighted by atomic mass is 32.1. The number of hydrogen-bond acceptors (Lipinski definition) is 7. The normalized spacial score (nSPS) is 20.7. The number of Topliss-reactive ketones (excluding diaryl/α,β-unsaturated/α-hetero) is 1. The third-order valence-electron chi connectivity index (χ3n) is 6.20. The zero-order valence-corrected chi connectivity index (χ0v) is 20.4. The lowest BCUT2D eigenvalue weighted by atomic mass is 9.99. The smallest absolute Gasteiger partial charge is 0.295 e. The van der Waals surface area contributed by atoms with Crippen molar-refractivity contribution < 1.29 is 24.2 Å². The van der Waals surface area contributed by atoms with Crippen molar-refractivity contribution in [2.45, 2.75) is 32.2 Å². The van der Waals surface area contributed by atoms with Gasteiger partial charge in [0.05, 0.1) is 31.4 Å². The number of likely N-dealkylation sites (tertiary alicyclic amines) is 1. The lowest BCUT2D eigenvalue weighted by molar-refractivity contribution is -0.140. The SMILES string of the molecule is CCCCOc1cccc(/C(O)=C2\C(=O)C(=O)N(CCCN3CCOCC3)C2c2cccs2)c1. The lowest BCUT2D eigenvalue weighted by Gasteiger charge is -2.28. The van der Waals surface area contributed by atoms with Crippen LogP contribution in [0.1, 0.15) is 42.7 Å². The van der Waals surface area contributed by atoms with Crippen molar-refractivity contribution in [1.82, 2.24) is 9.80 Å². The van der Waals surface area contributed by atoms with Gasteiger partial charge in [0, 0.05) is 36.6 Å². The number of hydrogen-bond donors (Lipinski definition) is 1. The molecule has 7 nitrogen and oxygen atoms in total. The quantitative estimate of drug-likeness (QED) is 0.237. The first-order chi connectivity index (χ1) is 16.6. The highest BCUT2D eigenvalue weighted by Crippen LogP contribution is 2.41. The van der Waals surface area contributed by atoms with Gasteiger partial charge in [-0.25, -0.2) is 0 Å². The summed E-state index contributed by atoms with van der Waals surface area (Å²) >= 11 is 1.48. The van der Waals surface area contributed by atoms with Crippen LogP contribution < -0.4 is 4.74 Å². The summed E-state index contributed by atoms with van der Waals surface area (Å²) in [4.78, 5) is 31.0. The first-order valence-corrected chi connectivity index (χ1v) is 12.8. The van der Waals surface area contributed by atoms with Crippen molar-refractivity contribution in [2.75, 3.05) is 46.0 Å². The molecule has 4 rings (SSSR count). The number of benzene rings is 1. The molecule has 8 heteroatoms. The fraction of sp³-hybridized carbons (Fsp3) is 0.462. The molecule has 2 fully saturated rings. The Morgan fingerprint density at radius 3 is 2.71 bits per heavy atom. The Bertz CT molecular complexity index is 1010. The highest BCUT2D eigenvalue weighted by molar-refractivity contribution is 7.10. The Morgan fingerprint density at radius 1 is 1.15 bits per heavy atom. The molecule has 2 aromatic rings. The van der Waals surface area contributed by atoms with Crippen molar-refractivity contribution in [1.29, 1.82) is 0 Å². The Labute approximate surface area is 204 Å². The second kappa shape index (κ2) is 11.6. The summed E-state index contributed by atoms with van der Waals surface area (Å²) in [5.41, 5.74) is 0.617. The molecule has 3 heterocycles. The first kappa shape index (κ1) is 24.4. The summed E-state index contributed by atoms with van der Waals surface area (Å²) in [5.74, 6) is -0.727. The van der Waals surface area contributed by atoms with Gasteiger partial charge in [0.2, 0.25) is 0 Å². The molecule has 0 aliphatic carbocycles. The van der Waals surface area contributed by atoms with E-state index >= 15 is 0 Å². The number of nitrogens with zero attached hydrogens (tertiary/aromatic N) is 2.